The number of aromatic nitrogens is 2. The van der Waals surface area contributed by atoms with E-state index in [1.54, 1.807) is 18.2 Å². The highest BCUT2D eigenvalue weighted by Crippen LogP contribution is 2.18. The molecule has 0 unspecified atom stereocenters. The molecule has 2 rings (SSSR count). The Morgan fingerprint density at radius 1 is 1.13 bits per heavy atom. The molecule has 6 heteroatoms. The normalized spacial score (nSPS) is 10.4. The SMILES string of the molecule is CCCN(CCC)C(=O)c1cc(Nc2ccc(Cl)cc2)ncn1. The second kappa shape index (κ2) is 8.48. The third-order valence-corrected chi connectivity index (χ3v) is 3.53. The Kier molecular flexibility index (Phi) is 6.35. The van der Waals surface area contributed by atoms with Gasteiger partial charge in [-0.3, -0.25) is 4.79 Å². The predicted octanol–water partition coefficient (Wildman–Crippen LogP) is 4.14. The van der Waals surface area contributed by atoms with Crippen LogP contribution in [0, 0.1) is 0 Å². The number of rotatable bonds is 7. The zero-order valence-corrected chi connectivity index (χ0v) is 14.2. The Morgan fingerprint density at radius 3 is 2.39 bits per heavy atom. The zero-order valence-electron chi connectivity index (χ0n) is 13.4. The van der Waals surface area contributed by atoms with Crippen molar-refractivity contribution >= 4 is 29.0 Å². The van der Waals surface area contributed by atoms with Crippen molar-refractivity contribution in [1.29, 1.82) is 0 Å². The average molecular weight is 333 g/mol. The molecule has 2 aromatic rings. The van der Waals surface area contributed by atoms with E-state index in [1.165, 1.54) is 6.33 Å². The minimum atomic E-state index is -0.0599. The van der Waals surface area contributed by atoms with Crippen LogP contribution in [0.3, 0.4) is 0 Å². The van der Waals surface area contributed by atoms with Gasteiger partial charge in [0.25, 0.3) is 5.91 Å². The molecule has 0 aliphatic heterocycles. The van der Waals surface area contributed by atoms with Gasteiger partial charge < -0.3 is 10.2 Å². The first-order chi connectivity index (χ1) is 11.1. The molecule has 0 fully saturated rings. The number of hydrogen-bond donors (Lipinski definition) is 1. The first-order valence-electron chi connectivity index (χ1n) is 7.78. The van der Waals surface area contributed by atoms with Crippen LogP contribution in [0.1, 0.15) is 37.2 Å². The lowest BCUT2D eigenvalue weighted by Gasteiger charge is -2.21. The summed E-state index contributed by atoms with van der Waals surface area (Å²) in [6.45, 7) is 5.58. The van der Waals surface area contributed by atoms with Crippen molar-refractivity contribution in [1.82, 2.24) is 14.9 Å². The molecule has 1 heterocycles. The quantitative estimate of drug-likeness (QED) is 0.828. The second-order valence-corrected chi connectivity index (χ2v) is 5.65. The monoisotopic (exact) mass is 332 g/mol. The van der Waals surface area contributed by atoms with Crippen molar-refractivity contribution < 1.29 is 4.79 Å². The number of carbonyl (C=O) groups is 1. The maximum Gasteiger partial charge on any atom is 0.272 e. The Labute approximate surface area is 141 Å². The fraction of sp³-hybridized carbons (Fsp3) is 0.353. The first-order valence-corrected chi connectivity index (χ1v) is 8.15. The molecule has 0 atom stereocenters. The third kappa shape index (κ3) is 4.93. The summed E-state index contributed by atoms with van der Waals surface area (Å²) in [7, 11) is 0. The van der Waals surface area contributed by atoms with E-state index in [0.29, 0.717) is 16.5 Å². The summed E-state index contributed by atoms with van der Waals surface area (Å²) in [6, 6.07) is 8.97. The molecule has 1 amide bonds. The summed E-state index contributed by atoms with van der Waals surface area (Å²) in [4.78, 5) is 22.7. The third-order valence-electron chi connectivity index (χ3n) is 3.28. The molecule has 0 spiro atoms. The first kappa shape index (κ1) is 17.2. The molecule has 1 N–H and O–H groups in total. The van der Waals surface area contributed by atoms with Gasteiger partial charge in [0.2, 0.25) is 0 Å². The highest BCUT2D eigenvalue weighted by Gasteiger charge is 2.16. The number of halogens is 1. The summed E-state index contributed by atoms with van der Waals surface area (Å²) in [5.74, 6) is 0.522. The maximum atomic E-state index is 12.6. The lowest BCUT2D eigenvalue weighted by atomic mass is 10.2. The average Bonchev–Trinajstić information content (AvgIpc) is 2.56. The van der Waals surface area contributed by atoms with Gasteiger partial charge in [0.05, 0.1) is 0 Å². The van der Waals surface area contributed by atoms with Crippen LogP contribution < -0.4 is 5.32 Å². The molecule has 1 aromatic carbocycles. The molecule has 0 bridgehead atoms. The van der Waals surface area contributed by atoms with Gasteiger partial charge in [-0.15, -0.1) is 0 Å². The second-order valence-electron chi connectivity index (χ2n) is 5.21. The van der Waals surface area contributed by atoms with Gasteiger partial charge in [-0.1, -0.05) is 25.4 Å². The van der Waals surface area contributed by atoms with E-state index >= 15 is 0 Å². The van der Waals surface area contributed by atoms with E-state index in [4.69, 9.17) is 11.6 Å². The fourth-order valence-corrected chi connectivity index (χ4v) is 2.37. The van der Waals surface area contributed by atoms with Crippen molar-refractivity contribution in [2.45, 2.75) is 26.7 Å². The molecule has 1 aromatic heterocycles. The topological polar surface area (TPSA) is 58.1 Å². The number of anilines is 2. The largest absolute Gasteiger partial charge is 0.340 e. The van der Waals surface area contributed by atoms with Crippen molar-refractivity contribution in [3.63, 3.8) is 0 Å². The molecule has 122 valence electrons. The molecule has 0 aliphatic rings. The van der Waals surface area contributed by atoms with E-state index in [9.17, 15) is 4.79 Å². The van der Waals surface area contributed by atoms with E-state index in [2.05, 4.69) is 29.1 Å². The van der Waals surface area contributed by atoms with E-state index < -0.39 is 0 Å². The van der Waals surface area contributed by atoms with Crippen LogP contribution in [0.4, 0.5) is 11.5 Å². The van der Waals surface area contributed by atoms with Gasteiger partial charge in [0, 0.05) is 29.9 Å². The van der Waals surface area contributed by atoms with E-state index in [0.717, 1.165) is 31.6 Å². The Morgan fingerprint density at radius 2 is 1.78 bits per heavy atom. The molecule has 0 radical (unpaired) electrons. The number of hydrogen-bond acceptors (Lipinski definition) is 4. The summed E-state index contributed by atoms with van der Waals surface area (Å²) >= 11 is 5.87. The summed E-state index contributed by atoms with van der Waals surface area (Å²) in [6.07, 6.45) is 3.25. The van der Waals surface area contributed by atoms with Gasteiger partial charge in [-0.2, -0.15) is 0 Å². The van der Waals surface area contributed by atoms with Crippen LogP contribution in [-0.2, 0) is 0 Å². The molecule has 0 saturated heterocycles. The van der Waals surface area contributed by atoms with Crippen LogP contribution in [-0.4, -0.2) is 33.9 Å². The standard InChI is InChI=1S/C17H21ClN4O/c1-3-9-22(10-4-2)17(23)15-11-16(20-12-19-15)21-14-7-5-13(18)6-8-14/h5-8,11-12H,3-4,9-10H2,1-2H3,(H,19,20,21). The zero-order chi connectivity index (χ0) is 16.7. The summed E-state index contributed by atoms with van der Waals surface area (Å²) in [5, 5.41) is 3.82. The molecule has 0 saturated carbocycles. The van der Waals surface area contributed by atoms with Crippen LogP contribution in [0.5, 0.6) is 0 Å². The number of nitrogens with one attached hydrogen (secondary N) is 1. The molecule has 5 nitrogen and oxygen atoms in total. The Hall–Kier alpha value is -2.14. The summed E-state index contributed by atoms with van der Waals surface area (Å²) < 4.78 is 0. The van der Waals surface area contributed by atoms with Gasteiger partial charge in [-0.05, 0) is 37.1 Å². The van der Waals surface area contributed by atoms with Crippen LogP contribution in [0.25, 0.3) is 0 Å². The van der Waals surface area contributed by atoms with Crippen LogP contribution >= 0.6 is 11.6 Å². The van der Waals surface area contributed by atoms with E-state index in [1.807, 2.05) is 17.0 Å². The van der Waals surface area contributed by atoms with Crippen molar-refractivity contribution in [2.24, 2.45) is 0 Å². The van der Waals surface area contributed by atoms with Crippen molar-refractivity contribution in [2.75, 3.05) is 18.4 Å². The highest BCUT2D eigenvalue weighted by molar-refractivity contribution is 6.30. The molecular weight excluding hydrogens is 312 g/mol. The van der Waals surface area contributed by atoms with Gasteiger partial charge in [0.15, 0.2) is 0 Å². The fourth-order valence-electron chi connectivity index (χ4n) is 2.24. The van der Waals surface area contributed by atoms with Crippen molar-refractivity contribution in [3.8, 4) is 0 Å². The molecule has 23 heavy (non-hydrogen) atoms. The minimum Gasteiger partial charge on any atom is -0.340 e. The van der Waals surface area contributed by atoms with Gasteiger partial charge >= 0.3 is 0 Å². The number of amides is 1. The Balaban J connectivity index is 2.14. The van der Waals surface area contributed by atoms with E-state index in [-0.39, 0.29) is 5.91 Å². The Bertz CT molecular complexity index is 639. The lowest BCUT2D eigenvalue weighted by Crippen LogP contribution is -2.33. The van der Waals surface area contributed by atoms with Crippen LogP contribution in [0.15, 0.2) is 36.7 Å². The number of carbonyl (C=O) groups excluding carboxylic acids is 1. The minimum absolute atomic E-state index is 0.0599. The maximum absolute atomic E-state index is 12.6. The highest BCUT2D eigenvalue weighted by atomic mass is 35.5. The van der Waals surface area contributed by atoms with Crippen molar-refractivity contribution in [3.05, 3.63) is 47.4 Å². The predicted molar refractivity (Wildman–Crippen MR) is 93.3 cm³/mol. The lowest BCUT2D eigenvalue weighted by molar-refractivity contribution is 0.0749. The molecule has 0 aliphatic carbocycles. The van der Waals surface area contributed by atoms with Crippen LogP contribution in [0.2, 0.25) is 5.02 Å². The van der Waals surface area contributed by atoms with Gasteiger partial charge in [0.1, 0.15) is 17.8 Å². The molecular formula is C17H21ClN4O. The smallest absolute Gasteiger partial charge is 0.272 e. The number of benzene rings is 1. The number of nitrogens with zero attached hydrogens (tertiary/aromatic N) is 3. The van der Waals surface area contributed by atoms with Gasteiger partial charge in [-0.25, -0.2) is 9.97 Å². The summed E-state index contributed by atoms with van der Waals surface area (Å²) in [5.41, 5.74) is 1.25.